The van der Waals surface area contributed by atoms with Gasteiger partial charge in [0.15, 0.2) is 0 Å². The number of carbonyl (C=O) groups excluding carboxylic acids is 1. The fraction of sp³-hybridized carbons (Fsp3) is 0.308. The van der Waals surface area contributed by atoms with Crippen LogP contribution in [0.3, 0.4) is 0 Å². The third-order valence-electron chi connectivity index (χ3n) is 2.69. The lowest BCUT2D eigenvalue weighted by Gasteiger charge is -2.16. The molecule has 6 heteroatoms. The van der Waals surface area contributed by atoms with Crippen LogP contribution in [-0.4, -0.2) is 34.1 Å². The van der Waals surface area contributed by atoms with Gasteiger partial charge in [0.2, 0.25) is 5.91 Å². The van der Waals surface area contributed by atoms with Crippen molar-refractivity contribution in [3.8, 4) is 0 Å². The Labute approximate surface area is 110 Å². The molecule has 0 heterocycles. The van der Waals surface area contributed by atoms with Crippen LogP contribution in [0.5, 0.6) is 0 Å². The van der Waals surface area contributed by atoms with Crippen molar-refractivity contribution in [3.05, 3.63) is 35.9 Å². The average molecular weight is 265 g/mol. The Morgan fingerprint density at radius 3 is 2.21 bits per heavy atom. The number of rotatable bonds is 6. The first-order chi connectivity index (χ1) is 8.91. The van der Waals surface area contributed by atoms with Crippen molar-refractivity contribution in [1.82, 2.24) is 5.32 Å². The second kappa shape index (κ2) is 6.53. The first-order valence-corrected chi connectivity index (χ1v) is 5.71. The second-order valence-electron chi connectivity index (χ2n) is 4.13. The minimum absolute atomic E-state index is 0.514. The van der Waals surface area contributed by atoms with Crippen molar-refractivity contribution < 1.29 is 24.6 Å². The topological polar surface area (TPSA) is 104 Å². The molecule has 0 aromatic heterocycles. The number of carbonyl (C=O) groups is 3. The number of benzene rings is 1. The number of nitrogens with one attached hydrogen (secondary N) is 1. The van der Waals surface area contributed by atoms with Gasteiger partial charge in [-0.25, -0.2) is 4.79 Å². The lowest BCUT2D eigenvalue weighted by Crippen LogP contribution is -2.43. The van der Waals surface area contributed by atoms with E-state index in [9.17, 15) is 14.4 Å². The van der Waals surface area contributed by atoms with E-state index < -0.39 is 36.2 Å². The van der Waals surface area contributed by atoms with E-state index in [4.69, 9.17) is 10.2 Å². The van der Waals surface area contributed by atoms with E-state index >= 15 is 0 Å². The van der Waals surface area contributed by atoms with Gasteiger partial charge in [-0.3, -0.25) is 9.59 Å². The van der Waals surface area contributed by atoms with Crippen LogP contribution in [-0.2, 0) is 14.4 Å². The highest BCUT2D eigenvalue weighted by molar-refractivity contribution is 5.89. The van der Waals surface area contributed by atoms with Gasteiger partial charge < -0.3 is 15.5 Å². The van der Waals surface area contributed by atoms with Gasteiger partial charge in [0.1, 0.15) is 6.04 Å². The summed E-state index contributed by atoms with van der Waals surface area (Å²) < 4.78 is 0. The Balaban J connectivity index is 2.72. The number of hydrogen-bond donors (Lipinski definition) is 3. The van der Waals surface area contributed by atoms with Gasteiger partial charge in [0.25, 0.3) is 0 Å². The summed E-state index contributed by atoms with van der Waals surface area (Å²) in [5.41, 5.74) is 0.736. The van der Waals surface area contributed by atoms with Crippen LogP contribution in [0.2, 0.25) is 0 Å². The van der Waals surface area contributed by atoms with Crippen LogP contribution in [0.1, 0.15) is 24.8 Å². The lowest BCUT2D eigenvalue weighted by molar-refractivity contribution is -0.147. The van der Waals surface area contributed by atoms with Gasteiger partial charge in [0.05, 0.1) is 12.3 Å². The number of amides is 1. The largest absolute Gasteiger partial charge is 0.481 e. The predicted molar refractivity (Wildman–Crippen MR) is 66.7 cm³/mol. The van der Waals surface area contributed by atoms with E-state index in [1.54, 1.807) is 37.3 Å². The van der Waals surface area contributed by atoms with Gasteiger partial charge >= 0.3 is 11.9 Å². The van der Waals surface area contributed by atoms with E-state index in [2.05, 4.69) is 5.32 Å². The Morgan fingerprint density at radius 2 is 1.74 bits per heavy atom. The molecule has 2 unspecified atom stereocenters. The van der Waals surface area contributed by atoms with E-state index in [0.717, 1.165) is 5.56 Å². The van der Waals surface area contributed by atoms with E-state index in [0.29, 0.717) is 0 Å². The maximum absolute atomic E-state index is 11.9. The highest BCUT2D eigenvalue weighted by Gasteiger charge is 2.25. The van der Waals surface area contributed by atoms with Crippen LogP contribution in [0.25, 0.3) is 0 Å². The zero-order valence-electron chi connectivity index (χ0n) is 10.4. The summed E-state index contributed by atoms with van der Waals surface area (Å²) in [5, 5.41) is 19.7. The maximum atomic E-state index is 11.9. The van der Waals surface area contributed by atoms with Crippen LogP contribution >= 0.6 is 0 Å². The van der Waals surface area contributed by atoms with Gasteiger partial charge in [0, 0.05) is 0 Å². The first kappa shape index (κ1) is 14.7. The van der Waals surface area contributed by atoms with Gasteiger partial charge in [-0.1, -0.05) is 30.3 Å². The number of carboxylic acid groups (broad SMARTS) is 2. The summed E-state index contributed by atoms with van der Waals surface area (Å²) >= 11 is 0. The highest BCUT2D eigenvalue weighted by Crippen LogP contribution is 2.14. The lowest BCUT2D eigenvalue weighted by atomic mass is 10.00. The Hall–Kier alpha value is -2.37. The van der Waals surface area contributed by atoms with Crippen molar-refractivity contribution in [2.24, 2.45) is 0 Å². The predicted octanol–water partition coefficient (Wildman–Crippen LogP) is 0.834. The van der Waals surface area contributed by atoms with Crippen molar-refractivity contribution in [3.63, 3.8) is 0 Å². The quantitative estimate of drug-likeness (QED) is 0.707. The molecular formula is C13H15NO5. The van der Waals surface area contributed by atoms with Crippen LogP contribution in [0.4, 0.5) is 0 Å². The SMILES string of the molecule is CC(C(=O)NC(CC(=O)O)C(=O)O)c1ccccc1. The fourth-order valence-corrected chi connectivity index (χ4v) is 1.56. The van der Waals surface area contributed by atoms with E-state index in [-0.39, 0.29) is 0 Å². The third-order valence-corrected chi connectivity index (χ3v) is 2.69. The van der Waals surface area contributed by atoms with Crippen LogP contribution in [0, 0.1) is 0 Å². The smallest absolute Gasteiger partial charge is 0.326 e. The molecule has 0 saturated carbocycles. The molecule has 0 radical (unpaired) electrons. The van der Waals surface area contributed by atoms with E-state index in [1.165, 1.54) is 0 Å². The normalized spacial score (nSPS) is 13.3. The van der Waals surface area contributed by atoms with E-state index in [1.807, 2.05) is 0 Å². The molecule has 0 aliphatic carbocycles. The highest BCUT2D eigenvalue weighted by atomic mass is 16.4. The molecule has 0 spiro atoms. The monoisotopic (exact) mass is 265 g/mol. The molecule has 102 valence electrons. The van der Waals surface area contributed by atoms with Crippen LogP contribution in [0.15, 0.2) is 30.3 Å². The van der Waals surface area contributed by atoms with Crippen LogP contribution < -0.4 is 5.32 Å². The Morgan fingerprint density at radius 1 is 1.16 bits per heavy atom. The molecule has 3 N–H and O–H groups in total. The molecule has 1 aromatic carbocycles. The average Bonchev–Trinajstić information content (AvgIpc) is 2.37. The van der Waals surface area contributed by atoms with Gasteiger partial charge in [-0.15, -0.1) is 0 Å². The summed E-state index contributed by atoms with van der Waals surface area (Å²) in [6, 6.07) is 7.42. The molecule has 0 fully saturated rings. The molecule has 1 rings (SSSR count). The molecule has 0 aliphatic heterocycles. The molecule has 19 heavy (non-hydrogen) atoms. The number of carboxylic acids is 2. The Bertz CT molecular complexity index is 471. The summed E-state index contributed by atoms with van der Waals surface area (Å²) in [6.07, 6.45) is -0.650. The summed E-state index contributed by atoms with van der Waals surface area (Å²) in [5.74, 6) is -3.70. The molecule has 0 saturated heterocycles. The molecule has 1 aromatic rings. The minimum atomic E-state index is -1.42. The van der Waals surface area contributed by atoms with Gasteiger partial charge in [-0.2, -0.15) is 0 Å². The zero-order valence-corrected chi connectivity index (χ0v) is 10.4. The van der Waals surface area contributed by atoms with Gasteiger partial charge in [-0.05, 0) is 12.5 Å². The number of hydrogen-bond acceptors (Lipinski definition) is 3. The Kier molecular flexibility index (Phi) is 5.05. The summed E-state index contributed by atoms with van der Waals surface area (Å²) in [6.45, 7) is 1.63. The second-order valence-corrected chi connectivity index (χ2v) is 4.13. The molecule has 0 bridgehead atoms. The molecule has 6 nitrogen and oxygen atoms in total. The molecule has 2 atom stereocenters. The summed E-state index contributed by atoms with van der Waals surface area (Å²) in [7, 11) is 0. The standard InChI is InChI=1S/C13H15NO5/c1-8(9-5-3-2-4-6-9)12(17)14-10(13(18)19)7-11(15)16/h2-6,8,10H,7H2,1H3,(H,14,17)(H,15,16)(H,18,19). The number of aliphatic carboxylic acids is 2. The van der Waals surface area contributed by atoms with Crippen molar-refractivity contribution in [2.45, 2.75) is 25.3 Å². The fourth-order valence-electron chi connectivity index (χ4n) is 1.56. The van der Waals surface area contributed by atoms with Crippen molar-refractivity contribution in [1.29, 1.82) is 0 Å². The summed E-state index contributed by atoms with van der Waals surface area (Å²) in [4.78, 5) is 33.2. The molecule has 1 amide bonds. The zero-order chi connectivity index (χ0) is 14.4. The molecular weight excluding hydrogens is 250 g/mol. The third kappa shape index (κ3) is 4.42. The minimum Gasteiger partial charge on any atom is -0.481 e. The molecule has 0 aliphatic rings. The van der Waals surface area contributed by atoms with Crippen molar-refractivity contribution in [2.75, 3.05) is 0 Å². The first-order valence-electron chi connectivity index (χ1n) is 5.71. The maximum Gasteiger partial charge on any atom is 0.326 e. The van der Waals surface area contributed by atoms with Crippen molar-refractivity contribution >= 4 is 17.8 Å².